The fourth-order valence-corrected chi connectivity index (χ4v) is 2.55. The van der Waals surface area contributed by atoms with Crippen LogP contribution in [-0.2, 0) is 4.79 Å². The van der Waals surface area contributed by atoms with Crippen LogP contribution < -0.4 is 16.5 Å². The number of likely N-dealkylation sites (tertiary alicyclic amines) is 1. The van der Waals surface area contributed by atoms with E-state index in [-0.39, 0.29) is 5.91 Å². The van der Waals surface area contributed by atoms with Gasteiger partial charge in [-0.1, -0.05) is 0 Å². The van der Waals surface area contributed by atoms with Crippen molar-refractivity contribution in [2.45, 2.75) is 45.6 Å². The normalized spacial score (nSPS) is 17.8. The zero-order valence-corrected chi connectivity index (χ0v) is 13.3. The maximum atomic E-state index is 11.9. The fraction of sp³-hybridized carbons (Fsp3) is 0.733. The average Bonchev–Trinajstić information content (AvgIpc) is 2.45. The lowest BCUT2D eigenvalue weighted by Gasteiger charge is -2.34. The molecule has 1 fully saturated rings. The number of nitrogens with two attached hydrogens (primary N) is 1. The zero-order chi connectivity index (χ0) is 15.7. The average molecular weight is 295 g/mol. The SMILES string of the molecule is C=NN/C=C(\N)CCNC(=O)CC1CCN(C(C)C)CC1. The summed E-state index contributed by atoms with van der Waals surface area (Å²) in [6.07, 6.45) is 5.05. The van der Waals surface area contributed by atoms with Crippen molar-refractivity contribution in [1.82, 2.24) is 15.6 Å². The van der Waals surface area contributed by atoms with Gasteiger partial charge >= 0.3 is 0 Å². The first kappa shape index (κ1) is 17.5. The number of piperidine rings is 1. The molecule has 1 aliphatic heterocycles. The lowest BCUT2D eigenvalue weighted by Crippen LogP contribution is -2.39. The molecular formula is C15H29N5O. The number of carbonyl (C=O) groups is 1. The first-order valence-electron chi connectivity index (χ1n) is 7.69. The van der Waals surface area contributed by atoms with E-state index in [4.69, 9.17) is 5.73 Å². The predicted octanol–water partition coefficient (Wildman–Crippen LogP) is 1.01. The second-order valence-electron chi connectivity index (χ2n) is 5.88. The molecule has 0 aromatic heterocycles. The van der Waals surface area contributed by atoms with E-state index in [0.717, 1.165) is 25.9 Å². The summed E-state index contributed by atoms with van der Waals surface area (Å²) in [6, 6.07) is 0.605. The molecule has 6 nitrogen and oxygen atoms in total. The van der Waals surface area contributed by atoms with Crippen molar-refractivity contribution in [1.29, 1.82) is 0 Å². The van der Waals surface area contributed by atoms with Crippen molar-refractivity contribution < 1.29 is 4.79 Å². The molecule has 1 aliphatic rings. The van der Waals surface area contributed by atoms with Crippen molar-refractivity contribution >= 4 is 12.6 Å². The largest absolute Gasteiger partial charge is 0.401 e. The second-order valence-corrected chi connectivity index (χ2v) is 5.88. The van der Waals surface area contributed by atoms with Gasteiger partial charge in [-0.2, -0.15) is 5.10 Å². The Balaban J connectivity index is 2.16. The van der Waals surface area contributed by atoms with Gasteiger partial charge < -0.3 is 16.0 Å². The zero-order valence-electron chi connectivity index (χ0n) is 13.3. The van der Waals surface area contributed by atoms with E-state index in [0.29, 0.717) is 37.0 Å². The van der Waals surface area contributed by atoms with Gasteiger partial charge in [0.05, 0.1) is 0 Å². The molecule has 1 amide bonds. The van der Waals surface area contributed by atoms with E-state index < -0.39 is 0 Å². The van der Waals surface area contributed by atoms with Crippen LogP contribution in [0.15, 0.2) is 17.0 Å². The first-order chi connectivity index (χ1) is 10.0. The molecule has 1 rings (SSSR count). The van der Waals surface area contributed by atoms with Crippen LogP contribution in [0.4, 0.5) is 0 Å². The van der Waals surface area contributed by atoms with Gasteiger partial charge in [-0.3, -0.25) is 10.2 Å². The van der Waals surface area contributed by atoms with Crippen LogP contribution >= 0.6 is 0 Å². The van der Waals surface area contributed by atoms with Crippen LogP contribution in [-0.4, -0.2) is 43.2 Å². The van der Waals surface area contributed by atoms with E-state index in [2.05, 4.69) is 41.3 Å². The minimum Gasteiger partial charge on any atom is -0.401 e. The molecule has 6 heteroatoms. The fourth-order valence-electron chi connectivity index (χ4n) is 2.55. The Morgan fingerprint density at radius 2 is 2.14 bits per heavy atom. The highest BCUT2D eigenvalue weighted by atomic mass is 16.1. The number of nitrogens with zero attached hydrogens (tertiary/aromatic N) is 2. The lowest BCUT2D eigenvalue weighted by atomic mass is 9.92. The lowest BCUT2D eigenvalue weighted by molar-refractivity contribution is -0.122. The first-order valence-corrected chi connectivity index (χ1v) is 7.69. The predicted molar refractivity (Wildman–Crippen MR) is 86.6 cm³/mol. The number of amides is 1. The molecule has 0 spiro atoms. The van der Waals surface area contributed by atoms with Gasteiger partial charge in [0.1, 0.15) is 0 Å². The smallest absolute Gasteiger partial charge is 0.220 e. The summed E-state index contributed by atoms with van der Waals surface area (Å²) in [7, 11) is 0. The molecule has 0 aromatic carbocycles. The van der Waals surface area contributed by atoms with Crippen LogP contribution in [0, 0.1) is 5.92 Å². The summed E-state index contributed by atoms with van der Waals surface area (Å²) >= 11 is 0. The van der Waals surface area contributed by atoms with E-state index in [9.17, 15) is 4.79 Å². The molecule has 0 unspecified atom stereocenters. The molecule has 0 bridgehead atoms. The third-order valence-electron chi connectivity index (χ3n) is 3.93. The number of hydrogen-bond donors (Lipinski definition) is 3. The van der Waals surface area contributed by atoms with Crippen molar-refractivity contribution in [3.05, 3.63) is 11.9 Å². The Morgan fingerprint density at radius 3 is 2.71 bits per heavy atom. The van der Waals surface area contributed by atoms with Gasteiger partial charge in [-0.05, 0) is 45.7 Å². The van der Waals surface area contributed by atoms with Crippen molar-refractivity contribution in [2.24, 2.45) is 16.8 Å². The minimum atomic E-state index is 0.126. The molecule has 120 valence electrons. The molecule has 0 aliphatic carbocycles. The van der Waals surface area contributed by atoms with Crippen LogP contribution in [0.5, 0.6) is 0 Å². The number of nitrogens with one attached hydrogen (secondary N) is 2. The highest BCUT2D eigenvalue weighted by molar-refractivity contribution is 5.76. The molecule has 0 saturated carbocycles. The topological polar surface area (TPSA) is 82.7 Å². The number of rotatable bonds is 8. The monoisotopic (exact) mass is 295 g/mol. The molecular weight excluding hydrogens is 266 g/mol. The van der Waals surface area contributed by atoms with E-state index in [1.54, 1.807) is 6.20 Å². The summed E-state index contributed by atoms with van der Waals surface area (Å²) in [4.78, 5) is 14.4. The molecule has 4 N–H and O–H groups in total. The van der Waals surface area contributed by atoms with Crippen molar-refractivity contribution in [3.8, 4) is 0 Å². The van der Waals surface area contributed by atoms with Gasteiger partial charge in [0.2, 0.25) is 5.91 Å². The van der Waals surface area contributed by atoms with Crippen molar-refractivity contribution in [2.75, 3.05) is 19.6 Å². The molecule has 0 aromatic rings. The van der Waals surface area contributed by atoms with Gasteiger partial charge in [0, 0.05) is 44.0 Å². The standard InChI is InChI=1S/C15H29N5O/c1-12(2)20-8-5-13(6-9-20)10-15(21)18-7-4-14(16)11-19-17-3/h11-13,19H,3-10,16H2,1-2H3,(H,18,21)/b14-11-. The summed E-state index contributed by atoms with van der Waals surface area (Å²) in [5.41, 5.74) is 8.95. The second kappa shape index (κ2) is 9.39. The Labute approximate surface area is 127 Å². The third-order valence-corrected chi connectivity index (χ3v) is 3.93. The van der Waals surface area contributed by atoms with E-state index in [1.165, 1.54) is 0 Å². The summed E-state index contributed by atoms with van der Waals surface area (Å²) in [5.74, 6) is 0.639. The molecule has 0 atom stereocenters. The molecule has 1 heterocycles. The Morgan fingerprint density at radius 1 is 1.48 bits per heavy atom. The summed E-state index contributed by atoms with van der Waals surface area (Å²) in [6.45, 7) is 10.5. The Bertz CT molecular complexity index is 359. The van der Waals surface area contributed by atoms with E-state index >= 15 is 0 Å². The van der Waals surface area contributed by atoms with Gasteiger partial charge in [-0.15, -0.1) is 0 Å². The van der Waals surface area contributed by atoms with Crippen LogP contribution in [0.3, 0.4) is 0 Å². The van der Waals surface area contributed by atoms with Crippen LogP contribution in [0.25, 0.3) is 0 Å². The molecule has 21 heavy (non-hydrogen) atoms. The van der Waals surface area contributed by atoms with E-state index in [1.807, 2.05) is 0 Å². The Kier molecular flexibility index (Phi) is 7.82. The highest BCUT2D eigenvalue weighted by Gasteiger charge is 2.22. The van der Waals surface area contributed by atoms with Crippen LogP contribution in [0.2, 0.25) is 0 Å². The van der Waals surface area contributed by atoms with Crippen molar-refractivity contribution in [3.63, 3.8) is 0 Å². The quantitative estimate of drug-likeness (QED) is 0.461. The minimum absolute atomic E-state index is 0.126. The van der Waals surface area contributed by atoms with Crippen LogP contribution in [0.1, 0.15) is 39.5 Å². The molecule has 1 saturated heterocycles. The van der Waals surface area contributed by atoms with Gasteiger partial charge in [0.25, 0.3) is 0 Å². The maximum Gasteiger partial charge on any atom is 0.220 e. The third kappa shape index (κ3) is 7.13. The number of hydrazone groups is 1. The summed E-state index contributed by atoms with van der Waals surface area (Å²) in [5, 5.41) is 6.39. The summed E-state index contributed by atoms with van der Waals surface area (Å²) < 4.78 is 0. The van der Waals surface area contributed by atoms with Gasteiger partial charge in [-0.25, -0.2) is 0 Å². The molecule has 0 radical (unpaired) electrons. The number of hydrogen-bond acceptors (Lipinski definition) is 5. The Hall–Kier alpha value is -1.56. The number of carbonyl (C=O) groups excluding carboxylic acids is 1. The maximum absolute atomic E-state index is 11.9. The highest BCUT2D eigenvalue weighted by Crippen LogP contribution is 2.21. The van der Waals surface area contributed by atoms with Gasteiger partial charge in [0.15, 0.2) is 0 Å².